The van der Waals surface area contributed by atoms with Crippen LogP contribution >= 0.6 is 0 Å². The molecule has 5 rings (SSSR count). The smallest absolute Gasteiger partial charge is 0.241 e. The van der Waals surface area contributed by atoms with E-state index >= 15 is 0 Å². The van der Waals surface area contributed by atoms with Crippen LogP contribution in [0, 0.1) is 5.92 Å². The highest BCUT2D eigenvalue weighted by Crippen LogP contribution is 2.33. The van der Waals surface area contributed by atoms with Gasteiger partial charge in [-0.25, -0.2) is 0 Å². The van der Waals surface area contributed by atoms with Crippen LogP contribution in [0.1, 0.15) is 18.4 Å². The number of hydrogen-bond donors (Lipinski definition) is 0. The van der Waals surface area contributed by atoms with Crippen LogP contribution in [0.3, 0.4) is 0 Å². The van der Waals surface area contributed by atoms with E-state index in [1.165, 1.54) is 0 Å². The van der Waals surface area contributed by atoms with Crippen LogP contribution in [0.2, 0.25) is 0 Å². The summed E-state index contributed by atoms with van der Waals surface area (Å²) in [7, 11) is 3.47. The minimum Gasteiger partial charge on any atom is -0.486 e. The number of amides is 2. The number of benzene rings is 1. The van der Waals surface area contributed by atoms with Crippen LogP contribution in [0.15, 0.2) is 18.2 Å². The Labute approximate surface area is 159 Å². The van der Waals surface area contributed by atoms with Crippen LogP contribution in [-0.4, -0.2) is 79.5 Å². The molecule has 3 saturated heterocycles. The number of rotatable bonds is 4. The molecule has 0 saturated carbocycles. The standard InChI is InChI=1S/C20H27N3O4/c1-21(2)19(24)13-23-16-5-4-15(20(23)25)11-22(12-16)10-14-3-6-17-18(9-14)27-8-7-26-17/h3,6,9,15-16H,4-5,7-8,10-13H2,1-2H3/t15-,16+/m0/s1. The maximum absolute atomic E-state index is 12.8. The molecule has 0 N–H and O–H groups in total. The van der Waals surface area contributed by atoms with Gasteiger partial charge < -0.3 is 19.3 Å². The minimum absolute atomic E-state index is 0.0177. The highest BCUT2D eigenvalue weighted by molar-refractivity contribution is 5.86. The van der Waals surface area contributed by atoms with Crippen molar-refractivity contribution in [2.75, 3.05) is 46.9 Å². The monoisotopic (exact) mass is 373 g/mol. The minimum atomic E-state index is -0.0192. The van der Waals surface area contributed by atoms with Crippen molar-refractivity contribution in [1.29, 1.82) is 0 Å². The maximum Gasteiger partial charge on any atom is 0.241 e. The number of piperidine rings is 1. The van der Waals surface area contributed by atoms with E-state index in [1.54, 1.807) is 23.9 Å². The van der Waals surface area contributed by atoms with E-state index in [-0.39, 0.29) is 30.3 Å². The SMILES string of the molecule is CN(C)C(=O)CN1C(=O)[C@H]2CC[C@@H]1CN(Cc1ccc3c(c1)OCCO3)C2. The van der Waals surface area contributed by atoms with E-state index in [9.17, 15) is 9.59 Å². The van der Waals surface area contributed by atoms with Crippen molar-refractivity contribution in [2.45, 2.75) is 25.4 Å². The van der Waals surface area contributed by atoms with Gasteiger partial charge in [-0.2, -0.15) is 0 Å². The molecule has 1 aromatic carbocycles. The Balaban J connectivity index is 1.47. The predicted octanol–water partition coefficient (Wildman–Crippen LogP) is 0.969. The largest absolute Gasteiger partial charge is 0.486 e. The molecule has 4 heterocycles. The third-order valence-corrected chi connectivity index (χ3v) is 5.69. The Morgan fingerprint density at radius 3 is 2.70 bits per heavy atom. The molecule has 4 aliphatic heterocycles. The summed E-state index contributed by atoms with van der Waals surface area (Å²) in [6, 6.07) is 6.17. The Morgan fingerprint density at radius 2 is 1.93 bits per heavy atom. The average Bonchev–Trinajstić information content (AvgIpc) is 2.93. The molecule has 27 heavy (non-hydrogen) atoms. The molecule has 0 radical (unpaired) electrons. The first kappa shape index (κ1) is 18.1. The summed E-state index contributed by atoms with van der Waals surface area (Å²) in [5.74, 6) is 1.69. The van der Waals surface area contributed by atoms with Gasteiger partial charge in [0.15, 0.2) is 11.5 Å². The summed E-state index contributed by atoms with van der Waals surface area (Å²) in [5, 5.41) is 0. The van der Waals surface area contributed by atoms with Gasteiger partial charge in [0.2, 0.25) is 11.8 Å². The first-order valence-corrected chi connectivity index (χ1v) is 9.63. The van der Waals surface area contributed by atoms with Crippen molar-refractivity contribution in [1.82, 2.24) is 14.7 Å². The molecule has 2 amide bonds. The van der Waals surface area contributed by atoms with Crippen molar-refractivity contribution in [3.8, 4) is 11.5 Å². The van der Waals surface area contributed by atoms with Gasteiger partial charge in [-0.05, 0) is 30.5 Å². The van der Waals surface area contributed by atoms with E-state index in [4.69, 9.17) is 9.47 Å². The second-order valence-electron chi connectivity index (χ2n) is 7.85. The summed E-state index contributed by atoms with van der Waals surface area (Å²) in [6.45, 7) is 3.67. The Morgan fingerprint density at radius 1 is 1.15 bits per heavy atom. The molecule has 146 valence electrons. The summed E-state index contributed by atoms with van der Waals surface area (Å²) >= 11 is 0. The van der Waals surface area contributed by atoms with Crippen LogP contribution in [0.4, 0.5) is 0 Å². The number of likely N-dealkylation sites (N-methyl/N-ethyl adjacent to an activating group) is 1. The lowest BCUT2D eigenvalue weighted by Crippen LogP contribution is -2.51. The number of nitrogens with zero attached hydrogens (tertiary/aromatic N) is 3. The molecule has 7 nitrogen and oxygen atoms in total. The number of ether oxygens (including phenoxy) is 2. The third kappa shape index (κ3) is 3.74. The van der Waals surface area contributed by atoms with Crippen molar-refractivity contribution in [3.05, 3.63) is 23.8 Å². The summed E-state index contributed by atoms with van der Waals surface area (Å²) in [5.41, 5.74) is 1.16. The normalized spacial score (nSPS) is 24.7. The second-order valence-corrected chi connectivity index (χ2v) is 7.85. The van der Waals surface area contributed by atoms with E-state index < -0.39 is 0 Å². The van der Waals surface area contributed by atoms with Gasteiger partial charge in [0.05, 0.1) is 5.92 Å². The molecular weight excluding hydrogens is 346 g/mol. The zero-order chi connectivity index (χ0) is 19.0. The van der Waals surface area contributed by atoms with Crippen LogP contribution in [-0.2, 0) is 16.1 Å². The molecule has 7 heteroatoms. The quantitative estimate of drug-likeness (QED) is 0.787. The van der Waals surface area contributed by atoms with E-state index in [0.29, 0.717) is 13.2 Å². The van der Waals surface area contributed by atoms with Crippen molar-refractivity contribution in [3.63, 3.8) is 0 Å². The molecule has 0 spiro atoms. The number of hydrogen-bond acceptors (Lipinski definition) is 5. The van der Waals surface area contributed by atoms with Crippen LogP contribution in [0.25, 0.3) is 0 Å². The Kier molecular flexibility index (Phi) is 4.95. The first-order valence-electron chi connectivity index (χ1n) is 9.63. The Bertz CT molecular complexity index is 736. The fourth-order valence-corrected chi connectivity index (χ4v) is 4.20. The summed E-state index contributed by atoms with van der Waals surface area (Å²) in [6.07, 6.45) is 1.88. The van der Waals surface area contributed by atoms with Crippen molar-refractivity contribution < 1.29 is 19.1 Å². The fraction of sp³-hybridized carbons (Fsp3) is 0.600. The van der Waals surface area contributed by atoms with Gasteiger partial charge in [-0.3, -0.25) is 14.5 Å². The summed E-state index contributed by atoms with van der Waals surface area (Å²) < 4.78 is 11.3. The number of carbonyl (C=O) groups excluding carboxylic acids is 2. The lowest BCUT2D eigenvalue weighted by Gasteiger charge is -2.36. The second kappa shape index (κ2) is 7.38. The van der Waals surface area contributed by atoms with Gasteiger partial charge in [0, 0.05) is 39.8 Å². The van der Waals surface area contributed by atoms with Crippen molar-refractivity contribution >= 4 is 11.8 Å². The molecule has 0 unspecified atom stereocenters. The molecule has 2 bridgehead atoms. The summed E-state index contributed by atoms with van der Waals surface area (Å²) in [4.78, 5) is 30.7. The van der Waals surface area contributed by atoms with Gasteiger partial charge >= 0.3 is 0 Å². The average molecular weight is 373 g/mol. The van der Waals surface area contributed by atoms with E-state index in [0.717, 1.165) is 49.5 Å². The van der Waals surface area contributed by atoms with Crippen molar-refractivity contribution in [2.24, 2.45) is 5.92 Å². The van der Waals surface area contributed by atoms with Gasteiger partial charge in [0.1, 0.15) is 19.8 Å². The predicted molar refractivity (Wildman–Crippen MR) is 99.6 cm³/mol. The third-order valence-electron chi connectivity index (χ3n) is 5.69. The van der Waals surface area contributed by atoms with E-state index in [2.05, 4.69) is 11.0 Å². The Hall–Kier alpha value is -2.28. The molecule has 0 aliphatic carbocycles. The lowest BCUT2D eigenvalue weighted by molar-refractivity contribution is -0.145. The highest BCUT2D eigenvalue weighted by Gasteiger charge is 2.41. The van der Waals surface area contributed by atoms with Gasteiger partial charge in [-0.15, -0.1) is 0 Å². The topological polar surface area (TPSA) is 62.3 Å². The molecular formula is C20H27N3O4. The number of fused-ring (bicyclic) bond motifs is 5. The number of carbonyl (C=O) groups is 2. The van der Waals surface area contributed by atoms with E-state index in [1.807, 2.05) is 12.1 Å². The zero-order valence-corrected chi connectivity index (χ0v) is 16.0. The fourth-order valence-electron chi connectivity index (χ4n) is 4.20. The maximum atomic E-state index is 12.8. The molecule has 1 aromatic rings. The first-order chi connectivity index (χ1) is 13.0. The van der Waals surface area contributed by atoms with Gasteiger partial charge in [0.25, 0.3) is 0 Å². The lowest BCUT2D eigenvalue weighted by atomic mass is 9.94. The molecule has 4 aliphatic rings. The molecule has 0 aromatic heterocycles. The molecule has 2 atom stereocenters. The highest BCUT2D eigenvalue weighted by atomic mass is 16.6. The van der Waals surface area contributed by atoms with Crippen LogP contribution < -0.4 is 9.47 Å². The molecule has 3 fully saturated rings. The van der Waals surface area contributed by atoms with Crippen LogP contribution in [0.5, 0.6) is 11.5 Å². The van der Waals surface area contributed by atoms with Gasteiger partial charge in [-0.1, -0.05) is 6.07 Å². The zero-order valence-electron chi connectivity index (χ0n) is 16.0.